The van der Waals surface area contributed by atoms with Crippen LogP contribution in [-0.2, 0) is 9.59 Å². The van der Waals surface area contributed by atoms with Gasteiger partial charge in [0.1, 0.15) is 0 Å². The molecular formula is C12H32N6O4+4. The number of hydrogen-bond donors (Lipinski definition) is 8. The molecular weight excluding hydrogens is 292 g/mol. The van der Waals surface area contributed by atoms with Crippen LogP contribution in [0.15, 0.2) is 0 Å². The van der Waals surface area contributed by atoms with Crippen LogP contribution in [0.4, 0.5) is 0 Å². The lowest BCUT2D eigenvalue weighted by Gasteiger charge is -1.99. The number of nitrogens with one attached hydrogen (secondary N) is 1. The fraction of sp³-hybridized carbons (Fsp3) is 0.750. The molecule has 16 N–H and O–H groups in total. The van der Waals surface area contributed by atoms with E-state index in [9.17, 15) is 9.59 Å². The van der Waals surface area contributed by atoms with Crippen LogP contribution in [0.1, 0.15) is 32.1 Å². The van der Waals surface area contributed by atoms with Gasteiger partial charge in [-0.15, -0.1) is 0 Å². The molecule has 0 aliphatic carbocycles. The number of nitrogens with two attached hydrogens (primary N) is 2. The second kappa shape index (κ2) is 14.0. The molecule has 0 aromatic rings. The summed E-state index contributed by atoms with van der Waals surface area (Å²) in [6.45, 7) is 1.47. The molecule has 0 saturated carbocycles. The smallest absolute Gasteiger partial charge is 0.362 e. The van der Waals surface area contributed by atoms with Crippen LogP contribution in [0, 0.1) is 0 Å². The molecule has 0 aromatic carbocycles. The molecule has 22 heavy (non-hydrogen) atoms. The Labute approximate surface area is 129 Å². The second-order valence-corrected chi connectivity index (χ2v) is 4.94. The molecule has 0 amide bonds. The summed E-state index contributed by atoms with van der Waals surface area (Å²) in [5.41, 5.74) is 20.8. The predicted octanol–water partition coefficient (Wildman–Crippen LogP) is -6.09. The summed E-state index contributed by atoms with van der Waals surface area (Å²) in [6, 6.07) is -0.989. The molecule has 130 valence electrons. The lowest BCUT2D eigenvalue weighted by molar-refractivity contribution is -0.463. The maximum atomic E-state index is 10.3. The molecule has 0 spiro atoms. The molecule has 10 heteroatoms. The van der Waals surface area contributed by atoms with Gasteiger partial charge in [-0.2, -0.15) is 0 Å². The Morgan fingerprint density at radius 1 is 0.955 bits per heavy atom. The Morgan fingerprint density at radius 2 is 1.41 bits per heavy atom. The first-order valence-electron chi connectivity index (χ1n) is 7.25. The van der Waals surface area contributed by atoms with Crippen molar-refractivity contribution in [1.82, 2.24) is 0 Å². The average Bonchev–Trinajstić information content (AvgIpc) is 2.43. The average molecular weight is 324 g/mol. The zero-order valence-electron chi connectivity index (χ0n) is 13.1. The van der Waals surface area contributed by atoms with Crippen LogP contribution in [0.3, 0.4) is 0 Å². The quantitative estimate of drug-likeness (QED) is 0.111. The first kappa shape index (κ1) is 22.4. The van der Waals surface area contributed by atoms with Crippen LogP contribution in [0.2, 0.25) is 0 Å². The summed E-state index contributed by atoms with van der Waals surface area (Å²) >= 11 is 0. The van der Waals surface area contributed by atoms with Gasteiger partial charge in [0.2, 0.25) is 0 Å². The highest BCUT2D eigenvalue weighted by molar-refractivity contribution is 5.71. The standard InChI is InChI=1S/C6H14N4O2.C6H14N2O2/c7-4(5(11)12)2-1-3-10-6(8)9;7-4-2-1-3-5(8)6(9)10/h4H,1-3,7H2,(H,11,12)(H4,8,9,10);5H,1-4,7-8H2,(H,9,10)/p+4. The number of unbranched alkanes of at least 4 members (excludes halogenated alkanes) is 1. The highest BCUT2D eigenvalue weighted by Gasteiger charge is 2.14. The number of carboxylic acids is 2. The van der Waals surface area contributed by atoms with Crippen molar-refractivity contribution in [3.05, 3.63) is 0 Å². The van der Waals surface area contributed by atoms with Gasteiger partial charge < -0.3 is 27.4 Å². The van der Waals surface area contributed by atoms with E-state index in [1.165, 1.54) is 0 Å². The molecule has 10 nitrogen and oxygen atoms in total. The van der Waals surface area contributed by atoms with Crippen molar-refractivity contribution in [2.24, 2.45) is 11.5 Å². The number of rotatable bonds is 10. The van der Waals surface area contributed by atoms with Crippen LogP contribution in [0.5, 0.6) is 0 Å². The van der Waals surface area contributed by atoms with Gasteiger partial charge in [-0.05, 0) is 19.3 Å². The van der Waals surface area contributed by atoms with E-state index in [0.29, 0.717) is 25.8 Å². The number of aliphatic carboxylic acids is 2. The third kappa shape index (κ3) is 16.1. The van der Waals surface area contributed by atoms with E-state index in [4.69, 9.17) is 21.7 Å². The number of guanidine groups is 1. The maximum absolute atomic E-state index is 10.3. The Balaban J connectivity index is 0. The molecule has 0 fully saturated rings. The molecule has 0 aromatic heterocycles. The van der Waals surface area contributed by atoms with Crippen molar-refractivity contribution < 1.29 is 42.0 Å². The SMILES string of the molecule is NC(N)=[NH+]CCCC([NH3+])C(=O)O.[NH3+]CCCCC([NH3+])C(=O)O. The van der Waals surface area contributed by atoms with E-state index < -0.39 is 24.0 Å². The largest absolute Gasteiger partial charge is 0.477 e. The van der Waals surface area contributed by atoms with Crippen LogP contribution < -0.4 is 33.7 Å². The van der Waals surface area contributed by atoms with E-state index in [0.717, 1.165) is 19.4 Å². The highest BCUT2D eigenvalue weighted by atomic mass is 16.4. The summed E-state index contributed by atoms with van der Waals surface area (Å²) in [5.74, 6) is -1.52. The predicted molar refractivity (Wildman–Crippen MR) is 78.7 cm³/mol. The van der Waals surface area contributed by atoms with Gasteiger partial charge in [-0.25, -0.2) is 9.59 Å². The summed E-state index contributed by atoms with van der Waals surface area (Å²) in [7, 11) is 0. The van der Waals surface area contributed by atoms with Gasteiger partial charge in [0.05, 0.1) is 13.1 Å². The fourth-order valence-electron chi connectivity index (χ4n) is 1.40. The highest BCUT2D eigenvalue weighted by Crippen LogP contribution is 1.95. The van der Waals surface area contributed by atoms with Gasteiger partial charge in [0.25, 0.3) is 0 Å². The molecule has 0 saturated heterocycles. The van der Waals surface area contributed by atoms with Gasteiger partial charge in [-0.3, -0.25) is 16.5 Å². The summed E-state index contributed by atoms with van der Waals surface area (Å²) in [4.78, 5) is 23.2. The number of quaternary nitrogens is 3. The lowest BCUT2D eigenvalue weighted by atomic mass is 10.1. The molecule has 2 atom stereocenters. The molecule has 0 rings (SSSR count). The van der Waals surface area contributed by atoms with E-state index in [1.54, 1.807) is 0 Å². The van der Waals surface area contributed by atoms with Crippen molar-refractivity contribution in [1.29, 1.82) is 0 Å². The maximum Gasteiger partial charge on any atom is 0.362 e. The monoisotopic (exact) mass is 324 g/mol. The zero-order chi connectivity index (χ0) is 17.5. The van der Waals surface area contributed by atoms with Crippen molar-refractivity contribution in [2.75, 3.05) is 13.1 Å². The van der Waals surface area contributed by atoms with Crippen LogP contribution in [-0.4, -0.2) is 53.3 Å². The summed E-state index contributed by atoms with van der Waals surface area (Å²) in [5, 5.41) is 16.9. The first-order valence-corrected chi connectivity index (χ1v) is 7.25. The van der Waals surface area contributed by atoms with Crippen molar-refractivity contribution in [2.45, 2.75) is 44.2 Å². The van der Waals surface area contributed by atoms with Crippen molar-refractivity contribution in [3.63, 3.8) is 0 Å². The van der Waals surface area contributed by atoms with E-state index in [1.807, 2.05) is 0 Å². The molecule has 2 unspecified atom stereocenters. The molecule has 0 radical (unpaired) electrons. The van der Waals surface area contributed by atoms with Gasteiger partial charge >= 0.3 is 17.9 Å². The Morgan fingerprint density at radius 3 is 1.77 bits per heavy atom. The normalized spacial score (nSPS) is 12.5. The third-order valence-electron chi connectivity index (χ3n) is 2.81. The molecule has 0 aliphatic heterocycles. The number of carboxylic acid groups (broad SMARTS) is 2. The minimum absolute atomic E-state index is 0.158. The summed E-state index contributed by atoms with van der Waals surface area (Å²) in [6.07, 6.45) is 3.81. The van der Waals surface area contributed by atoms with E-state index >= 15 is 0 Å². The van der Waals surface area contributed by atoms with Crippen LogP contribution >= 0.6 is 0 Å². The lowest BCUT2D eigenvalue weighted by Crippen LogP contribution is -2.78. The first-order chi connectivity index (χ1) is 10.2. The second-order valence-electron chi connectivity index (χ2n) is 4.94. The Kier molecular flexibility index (Phi) is 14.3. The van der Waals surface area contributed by atoms with E-state index in [2.05, 4.69) is 22.2 Å². The fourth-order valence-corrected chi connectivity index (χ4v) is 1.40. The minimum Gasteiger partial charge on any atom is -0.477 e. The topological polar surface area (TPSA) is 224 Å². The van der Waals surface area contributed by atoms with E-state index in [-0.39, 0.29) is 5.96 Å². The van der Waals surface area contributed by atoms with Crippen molar-refractivity contribution >= 4 is 17.9 Å². The number of carbonyl (C=O) groups is 2. The summed E-state index contributed by atoms with van der Waals surface area (Å²) < 4.78 is 0. The molecule has 0 heterocycles. The van der Waals surface area contributed by atoms with Crippen LogP contribution in [0.25, 0.3) is 0 Å². The minimum atomic E-state index is -0.875. The van der Waals surface area contributed by atoms with Gasteiger partial charge in [-0.1, -0.05) is 0 Å². The van der Waals surface area contributed by atoms with Gasteiger partial charge in [0, 0.05) is 12.8 Å². The molecule has 0 bridgehead atoms. The zero-order valence-corrected chi connectivity index (χ0v) is 13.1. The van der Waals surface area contributed by atoms with Crippen molar-refractivity contribution in [3.8, 4) is 0 Å². The van der Waals surface area contributed by atoms with Gasteiger partial charge in [0.15, 0.2) is 12.1 Å². The molecule has 0 aliphatic rings. The Bertz CT molecular complexity index is 347. The Hall–Kier alpha value is -1.91. The number of hydrogen-bond acceptors (Lipinski definition) is 2. The third-order valence-corrected chi connectivity index (χ3v) is 2.81.